The molecule has 104 valence electrons. The Morgan fingerprint density at radius 2 is 2.15 bits per heavy atom. The van der Waals surface area contributed by atoms with Gasteiger partial charge in [0.25, 0.3) is 5.91 Å². The van der Waals surface area contributed by atoms with Crippen LogP contribution in [-0.4, -0.2) is 49.1 Å². The van der Waals surface area contributed by atoms with Crippen molar-refractivity contribution < 1.29 is 14.7 Å². The van der Waals surface area contributed by atoms with Crippen LogP contribution in [0.1, 0.15) is 29.6 Å². The fourth-order valence-electron chi connectivity index (χ4n) is 2.55. The summed E-state index contributed by atoms with van der Waals surface area (Å²) >= 11 is 0. The van der Waals surface area contributed by atoms with Gasteiger partial charge in [0, 0.05) is 12.7 Å². The highest BCUT2D eigenvalue weighted by atomic mass is 16.4. The number of piperidine rings is 1. The Kier molecular flexibility index (Phi) is 3.09. The highest BCUT2D eigenvalue weighted by molar-refractivity contribution is 5.96. The molecule has 20 heavy (non-hydrogen) atoms. The van der Waals surface area contributed by atoms with E-state index in [0.717, 1.165) is 12.8 Å². The van der Waals surface area contributed by atoms with Crippen molar-refractivity contribution in [2.45, 2.75) is 25.3 Å². The minimum Gasteiger partial charge on any atom is -0.480 e. The number of rotatable bonds is 2. The number of carbonyl (C=O) groups excluding carboxylic acids is 1. The zero-order chi connectivity index (χ0) is 14.1. The van der Waals surface area contributed by atoms with E-state index in [4.69, 9.17) is 0 Å². The molecule has 1 fully saturated rings. The highest BCUT2D eigenvalue weighted by Crippen LogP contribution is 2.20. The van der Waals surface area contributed by atoms with Gasteiger partial charge >= 0.3 is 5.97 Å². The van der Waals surface area contributed by atoms with E-state index in [9.17, 15) is 14.7 Å². The standard InChI is InChI=1S/C13H14N4O3/c18-12(17-6-2-1-3-10(17)13(19)20)9-4-5-11-15-14-8-16(11)7-9/h4-5,7-8,10H,1-3,6H2,(H,19,20)/t10-/m0/s1. The summed E-state index contributed by atoms with van der Waals surface area (Å²) in [5, 5.41) is 16.8. The number of aromatic nitrogens is 3. The number of hydrogen-bond donors (Lipinski definition) is 1. The Morgan fingerprint density at radius 1 is 1.30 bits per heavy atom. The van der Waals surface area contributed by atoms with E-state index in [1.807, 2.05) is 0 Å². The number of fused-ring (bicyclic) bond motifs is 1. The summed E-state index contributed by atoms with van der Waals surface area (Å²) in [7, 11) is 0. The summed E-state index contributed by atoms with van der Waals surface area (Å²) < 4.78 is 1.65. The number of carbonyl (C=O) groups is 2. The normalized spacial score (nSPS) is 19.2. The predicted molar refractivity (Wildman–Crippen MR) is 69.3 cm³/mol. The summed E-state index contributed by atoms with van der Waals surface area (Å²) in [6, 6.07) is 2.62. The van der Waals surface area contributed by atoms with Crippen molar-refractivity contribution >= 4 is 17.5 Å². The number of carboxylic acid groups (broad SMARTS) is 1. The zero-order valence-electron chi connectivity index (χ0n) is 10.8. The monoisotopic (exact) mass is 274 g/mol. The minimum absolute atomic E-state index is 0.257. The number of carboxylic acids is 1. The second kappa shape index (κ2) is 4.92. The number of aliphatic carboxylic acids is 1. The van der Waals surface area contributed by atoms with Crippen LogP contribution in [0.15, 0.2) is 24.7 Å². The second-order valence-electron chi connectivity index (χ2n) is 4.86. The molecule has 7 heteroatoms. The second-order valence-corrected chi connectivity index (χ2v) is 4.86. The van der Waals surface area contributed by atoms with Crippen molar-refractivity contribution in [2.24, 2.45) is 0 Å². The molecule has 0 radical (unpaired) electrons. The first kappa shape index (κ1) is 12.6. The summed E-state index contributed by atoms with van der Waals surface area (Å²) in [4.78, 5) is 25.2. The van der Waals surface area contributed by atoms with E-state index in [2.05, 4.69) is 10.2 Å². The number of amides is 1. The molecule has 3 heterocycles. The van der Waals surface area contributed by atoms with Crippen LogP contribution in [0.5, 0.6) is 0 Å². The van der Waals surface area contributed by atoms with E-state index in [1.54, 1.807) is 22.7 Å². The van der Waals surface area contributed by atoms with Gasteiger partial charge in [0.15, 0.2) is 5.65 Å². The average Bonchev–Trinajstić information content (AvgIpc) is 2.93. The van der Waals surface area contributed by atoms with Crippen molar-refractivity contribution in [3.63, 3.8) is 0 Å². The molecule has 1 N–H and O–H groups in total. The largest absolute Gasteiger partial charge is 0.480 e. The van der Waals surface area contributed by atoms with Crippen LogP contribution in [0.4, 0.5) is 0 Å². The molecule has 0 unspecified atom stereocenters. The fraction of sp³-hybridized carbons (Fsp3) is 0.385. The van der Waals surface area contributed by atoms with Crippen LogP contribution < -0.4 is 0 Å². The number of hydrogen-bond acceptors (Lipinski definition) is 4. The van der Waals surface area contributed by atoms with Crippen molar-refractivity contribution in [3.8, 4) is 0 Å². The molecule has 1 aliphatic heterocycles. The van der Waals surface area contributed by atoms with Crippen molar-refractivity contribution in [3.05, 3.63) is 30.2 Å². The lowest BCUT2D eigenvalue weighted by Crippen LogP contribution is -2.48. The van der Waals surface area contributed by atoms with Gasteiger partial charge in [-0.1, -0.05) is 0 Å². The Morgan fingerprint density at radius 3 is 2.95 bits per heavy atom. The van der Waals surface area contributed by atoms with E-state index < -0.39 is 12.0 Å². The maximum Gasteiger partial charge on any atom is 0.326 e. The molecular formula is C13H14N4O3. The van der Waals surface area contributed by atoms with Crippen LogP contribution in [0.25, 0.3) is 5.65 Å². The summed E-state index contributed by atoms with van der Waals surface area (Å²) in [6.45, 7) is 0.482. The Labute approximate surface area is 114 Å². The summed E-state index contributed by atoms with van der Waals surface area (Å²) in [6.07, 6.45) is 5.33. The third-order valence-corrected chi connectivity index (χ3v) is 3.59. The van der Waals surface area contributed by atoms with Gasteiger partial charge in [0.1, 0.15) is 12.4 Å². The molecule has 3 rings (SSSR count). The molecule has 1 aliphatic rings. The molecule has 0 aliphatic carbocycles. The van der Waals surface area contributed by atoms with E-state index in [0.29, 0.717) is 24.2 Å². The van der Waals surface area contributed by atoms with Gasteiger partial charge < -0.3 is 10.0 Å². The first-order valence-electron chi connectivity index (χ1n) is 6.50. The third-order valence-electron chi connectivity index (χ3n) is 3.59. The van der Waals surface area contributed by atoms with E-state index in [-0.39, 0.29) is 5.91 Å². The van der Waals surface area contributed by atoms with Gasteiger partial charge in [-0.25, -0.2) is 4.79 Å². The van der Waals surface area contributed by atoms with Gasteiger partial charge in [-0.3, -0.25) is 9.20 Å². The molecular weight excluding hydrogens is 260 g/mol. The molecule has 1 saturated heterocycles. The molecule has 7 nitrogen and oxygen atoms in total. The van der Waals surface area contributed by atoms with Crippen LogP contribution in [0.3, 0.4) is 0 Å². The quantitative estimate of drug-likeness (QED) is 0.875. The Balaban J connectivity index is 1.91. The first-order valence-corrected chi connectivity index (χ1v) is 6.50. The van der Waals surface area contributed by atoms with Gasteiger partial charge in [0.2, 0.25) is 0 Å². The highest BCUT2D eigenvalue weighted by Gasteiger charge is 2.32. The molecule has 0 spiro atoms. The molecule has 0 bridgehead atoms. The number of pyridine rings is 1. The first-order chi connectivity index (χ1) is 9.66. The van der Waals surface area contributed by atoms with E-state index >= 15 is 0 Å². The summed E-state index contributed by atoms with van der Waals surface area (Å²) in [5.41, 5.74) is 1.10. The van der Waals surface area contributed by atoms with Gasteiger partial charge in [-0.15, -0.1) is 10.2 Å². The molecule has 1 atom stereocenters. The molecule has 2 aromatic rings. The van der Waals surface area contributed by atoms with Crippen molar-refractivity contribution in [1.29, 1.82) is 0 Å². The van der Waals surface area contributed by atoms with Gasteiger partial charge in [-0.05, 0) is 31.4 Å². The van der Waals surface area contributed by atoms with Crippen LogP contribution >= 0.6 is 0 Å². The Hall–Kier alpha value is -2.44. The van der Waals surface area contributed by atoms with E-state index in [1.165, 1.54) is 11.2 Å². The van der Waals surface area contributed by atoms with Gasteiger partial charge in [0.05, 0.1) is 5.56 Å². The average molecular weight is 274 g/mol. The van der Waals surface area contributed by atoms with Crippen LogP contribution in [-0.2, 0) is 4.79 Å². The number of nitrogens with zero attached hydrogens (tertiary/aromatic N) is 4. The molecule has 0 saturated carbocycles. The fourth-order valence-corrected chi connectivity index (χ4v) is 2.55. The summed E-state index contributed by atoms with van der Waals surface area (Å²) in [5.74, 6) is -1.20. The topological polar surface area (TPSA) is 87.8 Å². The lowest BCUT2D eigenvalue weighted by molar-refractivity contribution is -0.143. The SMILES string of the molecule is O=C(O)[C@@H]1CCCCN1C(=O)c1ccc2nncn2c1. The van der Waals surface area contributed by atoms with Crippen molar-refractivity contribution in [1.82, 2.24) is 19.5 Å². The zero-order valence-corrected chi connectivity index (χ0v) is 10.8. The van der Waals surface area contributed by atoms with Crippen LogP contribution in [0, 0.1) is 0 Å². The lowest BCUT2D eigenvalue weighted by atomic mass is 10.0. The van der Waals surface area contributed by atoms with Gasteiger partial charge in [-0.2, -0.15) is 0 Å². The van der Waals surface area contributed by atoms with Crippen molar-refractivity contribution in [2.75, 3.05) is 6.54 Å². The maximum absolute atomic E-state index is 12.5. The smallest absolute Gasteiger partial charge is 0.326 e. The molecule has 2 aromatic heterocycles. The predicted octanol–water partition coefficient (Wildman–Crippen LogP) is 0.809. The molecule has 0 aromatic carbocycles. The number of likely N-dealkylation sites (tertiary alicyclic amines) is 1. The molecule has 1 amide bonds. The Bertz CT molecular complexity index is 666. The van der Waals surface area contributed by atoms with Crippen LogP contribution in [0.2, 0.25) is 0 Å². The lowest BCUT2D eigenvalue weighted by Gasteiger charge is -2.32. The third kappa shape index (κ3) is 2.11. The maximum atomic E-state index is 12.5. The minimum atomic E-state index is -0.941.